The van der Waals surface area contributed by atoms with E-state index in [2.05, 4.69) is 88.5 Å². The van der Waals surface area contributed by atoms with Crippen LogP contribution in [0, 0.1) is 20.8 Å². The van der Waals surface area contributed by atoms with Crippen LogP contribution in [0.2, 0.25) is 15.1 Å². The summed E-state index contributed by atoms with van der Waals surface area (Å²) in [6.07, 6.45) is 11.5. The highest BCUT2D eigenvalue weighted by Crippen LogP contribution is 2.52. The van der Waals surface area contributed by atoms with Crippen LogP contribution in [0.25, 0.3) is 128 Å². The predicted octanol–water partition coefficient (Wildman–Crippen LogP) is 28.5. The second kappa shape index (κ2) is 43.5. The van der Waals surface area contributed by atoms with Crippen molar-refractivity contribution in [3.8, 4) is 65.1 Å². The zero-order valence-electron chi connectivity index (χ0n) is 89.3. The molecule has 9 aromatic carbocycles. The van der Waals surface area contributed by atoms with Crippen molar-refractivity contribution in [3.05, 3.63) is 211 Å². The number of rotatable bonds is 23. The highest BCUT2D eigenvalue weighted by atomic mass is 35.5. The third-order valence-corrected chi connectivity index (χ3v) is 34.1. The van der Waals surface area contributed by atoms with E-state index in [0.29, 0.717) is 57.5 Å². The van der Waals surface area contributed by atoms with E-state index in [4.69, 9.17) is 93.5 Å². The van der Waals surface area contributed by atoms with Crippen LogP contribution in [0.4, 0.5) is 4.79 Å². The number of aliphatic carboxylic acids is 1. The summed E-state index contributed by atoms with van der Waals surface area (Å²) in [6.45, 7) is 41.2. The molecule has 784 valence electrons. The van der Waals surface area contributed by atoms with E-state index in [9.17, 15) is 24.3 Å². The van der Waals surface area contributed by atoms with E-state index in [0.717, 1.165) is 241 Å². The zero-order chi connectivity index (χ0) is 105. The second-order valence-electron chi connectivity index (χ2n) is 45.1. The fourth-order valence-corrected chi connectivity index (χ4v) is 26.1. The fraction of sp³-hybridized carbons (Fsp3) is 0.462. The van der Waals surface area contributed by atoms with E-state index >= 15 is 0 Å². The van der Waals surface area contributed by atoms with Crippen molar-refractivity contribution in [3.63, 3.8) is 0 Å². The lowest BCUT2D eigenvalue weighted by molar-refractivity contribution is -0.167. The molecule has 30 heteroatoms. The van der Waals surface area contributed by atoms with Gasteiger partial charge in [-0.2, -0.15) is 15.3 Å². The third-order valence-electron chi connectivity index (χ3n) is 29.9. The molecule has 0 unspecified atom stereocenters. The van der Waals surface area contributed by atoms with Gasteiger partial charge in [0.1, 0.15) is 20.6 Å². The molecule has 6 aliphatic rings. The molecule has 2 saturated carbocycles. The van der Waals surface area contributed by atoms with Crippen molar-refractivity contribution >= 4 is 156 Å². The van der Waals surface area contributed by atoms with Crippen LogP contribution in [0.15, 0.2) is 146 Å². The minimum atomic E-state index is -1.15. The Morgan fingerprint density at radius 1 is 0.383 bits per heavy atom. The first-order chi connectivity index (χ1) is 71.0. The summed E-state index contributed by atoms with van der Waals surface area (Å²) in [4.78, 5) is 77.6. The number of carboxylic acids is 1. The van der Waals surface area contributed by atoms with Gasteiger partial charge in [-0.05, 0) is 364 Å². The summed E-state index contributed by atoms with van der Waals surface area (Å²) in [5, 5.41) is 33.8. The molecule has 0 spiro atoms. The van der Waals surface area contributed by atoms with Crippen LogP contribution < -0.4 is 0 Å². The van der Waals surface area contributed by atoms with Gasteiger partial charge < -0.3 is 48.2 Å². The van der Waals surface area contributed by atoms with Gasteiger partial charge in [0.25, 0.3) is 0 Å². The lowest BCUT2D eigenvalue weighted by Crippen LogP contribution is -2.62. The maximum absolute atomic E-state index is 13.6. The number of benzene rings is 9. The van der Waals surface area contributed by atoms with Crippen molar-refractivity contribution in [1.29, 1.82) is 0 Å². The van der Waals surface area contributed by atoms with Crippen LogP contribution in [0.3, 0.4) is 0 Å². The molecule has 4 saturated heterocycles. The van der Waals surface area contributed by atoms with Crippen molar-refractivity contribution < 1.29 is 52.7 Å². The molecule has 0 radical (unpaired) electrons. The topological polar surface area (TPSA) is 249 Å². The fourth-order valence-electron chi connectivity index (χ4n) is 22.4. The second-order valence-corrected chi connectivity index (χ2v) is 49.4. The summed E-state index contributed by atoms with van der Waals surface area (Å²) in [5.74, 6) is -0.607. The normalized spacial score (nSPS) is 17.2. The van der Waals surface area contributed by atoms with Crippen LogP contribution in [0.5, 0.6) is 0 Å². The standard InChI is InChI=1S/C43H52ClN5O5S.C39H45ClN4O3S.C37H41ClN4O3S/c1-10-52-40(50)37(53-42(3,4)5)34-25(2)21-32-38(35(34)26-11-14-29(44)15-12-26)55-39(45-32)28-13-16-33-31(22-28)36(46-47(33)9)27-17-19-48(20-18-27)30-23-49(24-30)41(51)54-43(6,7)8;1-7-46-38(45)35(47-39(3,4)5)32-23(2)21-30-36(33(32)24-11-14-27(40)15-12-24)48-37(41-30)26-13-16-31-29(22-26)34(42-43(31)6)25-17-19-44(20-18-25)28-9-8-10-28;1-21-19-28-34(31(22-9-12-25(38)13-10-22)30(21)33(36(43)44)45-37(2,3)4)46-35(39-28)24-11-14-29-27(20-24)32(40-41(29)5)23-15-17-42(18-16-23)26-7-6-8-26/h11-16,21-22,27,30,37H,10,17-20,23-24H2,1-9H3;11-16,21-22,25,28,35H,7-10,17-20H2,1-6H3;9-14,19-20,23,26,33H,6-8,15-18H2,1-5H3,(H,43,44)/t37-;35-;33-/m000/s1. The minimum absolute atomic E-state index is 0.227. The quantitative estimate of drug-likeness (QED) is 0.0461. The summed E-state index contributed by atoms with van der Waals surface area (Å²) in [6, 6.07) is 50.8. The van der Waals surface area contributed by atoms with Crippen LogP contribution in [-0.4, -0.2) is 199 Å². The first kappa shape index (κ1) is 107. The predicted molar refractivity (Wildman–Crippen MR) is 603 cm³/mol. The molecule has 15 aromatic rings. The van der Waals surface area contributed by atoms with Gasteiger partial charge in [-0.1, -0.05) is 84.0 Å². The Bertz CT molecular complexity index is 7510. The van der Waals surface area contributed by atoms with E-state index in [1.54, 1.807) is 38.9 Å². The number of carboxylic acid groups (broad SMARTS) is 1. The Kier molecular flexibility index (Phi) is 31.2. The monoisotopic (exact) mass is 2130 g/mol. The molecule has 4 aliphatic heterocycles. The summed E-state index contributed by atoms with van der Waals surface area (Å²) < 4.78 is 44.8. The smallest absolute Gasteiger partial charge is 0.410 e. The Labute approximate surface area is 900 Å². The number of ether oxygens (including phenoxy) is 6. The molecule has 1 N–H and O–H groups in total. The molecule has 6 aromatic heterocycles. The molecule has 2 aliphatic carbocycles. The average molecular weight is 2130 g/mol. The number of hydrogen-bond acceptors (Lipinski definition) is 22. The number of thiazole rings is 3. The molecule has 6 fully saturated rings. The van der Waals surface area contributed by atoms with Crippen LogP contribution in [0.1, 0.15) is 261 Å². The highest BCUT2D eigenvalue weighted by Gasteiger charge is 2.43. The number of aryl methyl sites for hydroxylation is 6. The lowest BCUT2D eigenvalue weighted by atomic mass is 9.86. The van der Waals surface area contributed by atoms with E-state index in [1.807, 2.05) is 225 Å². The van der Waals surface area contributed by atoms with Crippen LogP contribution >= 0.6 is 68.8 Å². The zero-order valence-corrected chi connectivity index (χ0v) is 94.0. The van der Waals surface area contributed by atoms with Crippen molar-refractivity contribution in [2.24, 2.45) is 21.1 Å². The number of carbonyl (C=O) groups is 4. The molecule has 10 heterocycles. The minimum Gasteiger partial charge on any atom is -0.479 e. The lowest BCUT2D eigenvalue weighted by Gasteiger charge is -2.47. The number of piperidine rings is 3. The molecule has 24 nitrogen and oxygen atoms in total. The molecule has 149 heavy (non-hydrogen) atoms. The number of esters is 2. The number of aromatic nitrogens is 9. The number of nitrogens with zero attached hydrogens (tertiary/aromatic N) is 13. The van der Waals surface area contributed by atoms with E-state index < -0.39 is 58.6 Å². The first-order valence-corrected chi connectivity index (χ1v) is 56.4. The van der Waals surface area contributed by atoms with Gasteiger partial charge in [-0.15, -0.1) is 34.0 Å². The highest BCUT2D eigenvalue weighted by molar-refractivity contribution is 7.23. The molecule has 3 atom stereocenters. The number of fused-ring (bicyclic) bond motifs is 6. The maximum Gasteiger partial charge on any atom is 0.410 e. The molecular weight excluding hydrogens is 1990 g/mol. The third kappa shape index (κ3) is 23.1. The maximum atomic E-state index is 13.6. The SMILES string of the molecule is CCOC(=O)[C@@H](OC(C)(C)C)c1c(C)cc2nc(-c3ccc4c(c3)c(C3CCN(C5CCC5)CC3)nn4C)sc2c1-c1ccc(Cl)cc1.CCOC(=O)[C@@H](OC(C)(C)C)c1c(C)cc2nc(-c3ccc4c(c3)c(C3CCN(C5CN(C(=O)OC(C)(C)C)C5)CC3)nn4C)sc2c1-c1ccc(Cl)cc1.Cc1cc2nc(-c3ccc4c(c3)c(C3CCN(C5CCC5)CC3)nn4C)sc2c(-c2ccc(Cl)cc2)c1[C@H](OC(C)(C)C)C(=O)O. The summed E-state index contributed by atoms with van der Waals surface area (Å²) in [5.41, 5.74) is 20.5. The van der Waals surface area contributed by atoms with Crippen LogP contribution in [-0.2, 0) is 63.9 Å². The average Bonchev–Trinajstić information content (AvgIpc) is 1.62. The first-order valence-electron chi connectivity index (χ1n) is 52.8. The van der Waals surface area contributed by atoms with Gasteiger partial charge >= 0.3 is 24.0 Å². The summed E-state index contributed by atoms with van der Waals surface area (Å²) in [7, 11) is 6.10. The number of halogens is 3. The molecule has 21 rings (SSSR count). The Morgan fingerprint density at radius 3 is 0.933 bits per heavy atom. The number of likely N-dealkylation sites (tertiary alicyclic amines) is 4. The number of amides is 1. The van der Waals surface area contributed by atoms with Crippen molar-refractivity contribution in [1.82, 2.24) is 63.9 Å². The Hall–Kier alpha value is -10.6. The van der Waals surface area contributed by atoms with E-state index in [-0.39, 0.29) is 19.3 Å². The molecular formula is C119H138Cl3N13O11S3. The Morgan fingerprint density at radius 2 is 0.664 bits per heavy atom. The van der Waals surface area contributed by atoms with Gasteiger partial charge in [0.2, 0.25) is 0 Å². The molecule has 1 amide bonds. The Balaban J connectivity index is 0.000000141. The van der Waals surface area contributed by atoms with Gasteiger partial charge in [-0.3, -0.25) is 18.9 Å². The number of hydrogen-bond donors (Lipinski definition) is 1. The van der Waals surface area contributed by atoms with Gasteiger partial charge in [0.05, 0.1) is 94.3 Å². The largest absolute Gasteiger partial charge is 0.479 e. The van der Waals surface area contributed by atoms with Gasteiger partial charge in [0.15, 0.2) is 18.3 Å². The molecule has 0 bridgehead atoms. The van der Waals surface area contributed by atoms with E-state index in [1.165, 1.54) is 60.7 Å². The van der Waals surface area contributed by atoms with Gasteiger partial charge in [0, 0.05) is 151 Å². The van der Waals surface area contributed by atoms with Crippen molar-refractivity contribution in [2.45, 2.75) is 271 Å². The van der Waals surface area contributed by atoms with Gasteiger partial charge in [-0.25, -0.2) is 34.1 Å². The van der Waals surface area contributed by atoms with Crippen molar-refractivity contribution in [2.75, 3.05) is 65.6 Å². The summed E-state index contributed by atoms with van der Waals surface area (Å²) >= 11 is 23.8. The number of carbonyl (C=O) groups excluding carboxylic acids is 3.